The van der Waals surface area contributed by atoms with Gasteiger partial charge in [0.25, 0.3) is 15.9 Å². The van der Waals surface area contributed by atoms with Crippen molar-refractivity contribution in [3.05, 3.63) is 30.3 Å². The van der Waals surface area contributed by atoms with Crippen molar-refractivity contribution >= 4 is 27.8 Å². The van der Waals surface area contributed by atoms with E-state index in [0.717, 1.165) is 0 Å². The minimum Gasteiger partial charge on any atom is -0.449 e. The summed E-state index contributed by atoms with van der Waals surface area (Å²) in [6.45, 7) is 8.73. The molecule has 1 aromatic carbocycles. The lowest BCUT2D eigenvalue weighted by Crippen LogP contribution is -2.48. The molecule has 2 amide bonds. The van der Waals surface area contributed by atoms with Gasteiger partial charge in [-0.15, -0.1) is 0 Å². The summed E-state index contributed by atoms with van der Waals surface area (Å²) in [5.41, 5.74) is -2.25. The van der Waals surface area contributed by atoms with Crippen molar-refractivity contribution in [1.82, 2.24) is 9.62 Å². The van der Waals surface area contributed by atoms with Crippen LogP contribution in [0.25, 0.3) is 0 Å². The molecule has 29 heavy (non-hydrogen) atoms. The van der Waals surface area contributed by atoms with Gasteiger partial charge in [0.1, 0.15) is 0 Å². The number of carbonyl (C=O) groups is 3. The number of hydrogen-bond donors (Lipinski definition) is 1. The molecule has 1 heterocycles. The summed E-state index contributed by atoms with van der Waals surface area (Å²) < 4.78 is 31.9. The number of benzene rings is 1. The topological polar surface area (TPSA) is 110 Å². The van der Waals surface area contributed by atoms with Gasteiger partial charge in [0.15, 0.2) is 5.60 Å². The number of ether oxygens (including phenoxy) is 1. The molecule has 0 bridgehead atoms. The minimum atomic E-state index is -4.08. The summed E-state index contributed by atoms with van der Waals surface area (Å²) in [6, 6.07) is 7.44. The number of esters is 1. The first-order valence-corrected chi connectivity index (χ1v) is 10.9. The standard InChI is InChI=1S/C20H28N2O6S/c1-19(2,3)18(25)22-12-11-14(13-22)16(23)28-20(4,5)17(24)21-29(26,27)15-9-7-6-8-10-15/h6-10,14H,11-13H2,1-5H3,(H,21,24). The number of sulfonamides is 1. The highest BCUT2D eigenvalue weighted by atomic mass is 32.2. The van der Waals surface area contributed by atoms with Gasteiger partial charge < -0.3 is 9.64 Å². The van der Waals surface area contributed by atoms with Gasteiger partial charge in [-0.2, -0.15) is 0 Å². The second kappa shape index (κ2) is 8.14. The second-order valence-electron chi connectivity index (χ2n) is 8.67. The maximum absolute atomic E-state index is 12.5. The first-order valence-electron chi connectivity index (χ1n) is 9.38. The van der Waals surface area contributed by atoms with E-state index in [9.17, 15) is 22.8 Å². The van der Waals surface area contributed by atoms with Crippen LogP contribution in [0.15, 0.2) is 35.2 Å². The summed E-state index contributed by atoms with van der Waals surface area (Å²) in [5, 5.41) is 0. The fourth-order valence-electron chi connectivity index (χ4n) is 2.90. The summed E-state index contributed by atoms with van der Waals surface area (Å²) in [4.78, 5) is 38.9. The number of carbonyl (C=O) groups excluding carboxylic acids is 3. The third-order valence-electron chi connectivity index (χ3n) is 4.63. The largest absolute Gasteiger partial charge is 0.449 e. The van der Waals surface area contributed by atoms with Crippen LogP contribution >= 0.6 is 0 Å². The molecular weight excluding hydrogens is 396 g/mol. The molecule has 2 rings (SSSR count). The number of likely N-dealkylation sites (tertiary alicyclic amines) is 1. The Bertz CT molecular complexity index is 887. The van der Waals surface area contributed by atoms with E-state index in [2.05, 4.69) is 0 Å². The molecule has 0 spiro atoms. The van der Waals surface area contributed by atoms with Crippen LogP contribution in [0.4, 0.5) is 0 Å². The molecule has 1 aliphatic heterocycles. The third-order valence-corrected chi connectivity index (χ3v) is 5.98. The summed E-state index contributed by atoms with van der Waals surface area (Å²) in [7, 11) is -4.08. The Morgan fingerprint density at radius 1 is 1.07 bits per heavy atom. The first-order chi connectivity index (χ1) is 13.2. The molecule has 1 unspecified atom stereocenters. The van der Waals surface area contributed by atoms with Crippen molar-refractivity contribution in [3.63, 3.8) is 0 Å². The molecule has 0 radical (unpaired) electrons. The van der Waals surface area contributed by atoms with Crippen molar-refractivity contribution in [2.75, 3.05) is 13.1 Å². The SMILES string of the molecule is CC(C)(C)C(=O)N1CCC(C(=O)OC(C)(C)C(=O)NS(=O)(=O)c2ccccc2)C1. The van der Waals surface area contributed by atoms with Crippen molar-refractivity contribution in [1.29, 1.82) is 0 Å². The van der Waals surface area contributed by atoms with Crippen LogP contribution in [0, 0.1) is 11.3 Å². The van der Waals surface area contributed by atoms with Gasteiger partial charge in [-0.25, -0.2) is 13.1 Å². The van der Waals surface area contributed by atoms with Crippen molar-refractivity contribution in [2.45, 2.75) is 51.5 Å². The molecule has 0 aliphatic carbocycles. The highest BCUT2D eigenvalue weighted by molar-refractivity contribution is 7.90. The summed E-state index contributed by atoms with van der Waals surface area (Å²) in [5.74, 6) is -2.19. The van der Waals surface area contributed by atoms with Crippen LogP contribution in [-0.2, 0) is 29.1 Å². The first kappa shape index (κ1) is 22.9. The Hall–Kier alpha value is -2.42. The number of hydrogen-bond acceptors (Lipinski definition) is 6. The van der Waals surface area contributed by atoms with E-state index in [1.807, 2.05) is 25.5 Å². The Morgan fingerprint density at radius 2 is 1.66 bits per heavy atom. The van der Waals surface area contributed by atoms with Gasteiger partial charge in [-0.3, -0.25) is 14.4 Å². The molecule has 1 aliphatic rings. The normalized spacial score (nSPS) is 17.7. The fraction of sp³-hybridized carbons (Fsp3) is 0.550. The summed E-state index contributed by atoms with van der Waals surface area (Å²) in [6.07, 6.45) is 0.431. The zero-order valence-corrected chi connectivity index (χ0v) is 18.2. The molecule has 9 heteroatoms. The second-order valence-corrected chi connectivity index (χ2v) is 10.3. The van der Waals surface area contributed by atoms with Crippen LogP contribution in [-0.4, -0.2) is 49.8 Å². The van der Waals surface area contributed by atoms with E-state index in [1.54, 1.807) is 11.0 Å². The van der Waals surface area contributed by atoms with Crippen LogP contribution in [0.1, 0.15) is 41.0 Å². The molecule has 1 aromatic rings. The van der Waals surface area contributed by atoms with Gasteiger partial charge in [0, 0.05) is 18.5 Å². The molecule has 0 saturated carbocycles. The maximum atomic E-state index is 12.5. The van der Waals surface area contributed by atoms with Crippen LogP contribution in [0.3, 0.4) is 0 Å². The predicted molar refractivity (Wildman–Crippen MR) is 106 cm³/mol. The highest BCUT2D eigenvalue weighted by Gasteiger charge is 2.40. The number of rotatable bonds is 5. The molecule has 8 nitrogen and oxygen atoms in total. The Morgan fingerprint density at radius 3 is 2.21 bits per heavy atom. The van der Waals surface area contributed by atoms with E-state index >= 15 is 0 Å². The zero-order valence-electron chi connectivity index (χ0n) is 17.4. The fourth-order valence-corrected chi connectivity index (χ4v) is 4.02. The van der Waals surface area contributed by atoms with E-state index in [1.165, 1.54) is 38.1 Å². The van der Waals surface area contributed by atoms with E-state index < -0.39 is 38.8 Å². The lowest BCUT2D eigenvalue weighted by atomic mass is 9.95. The average Bonchev–Trinajstić information content (AvgIpc) is 3.10. The predicted octanol–water partition coefficient (Wildman–Crippen LogP) is 1.71. The zero-order chi connectivity index (χ0) is 22.0. The smallest absolute Gasteiger partial charge is 0.311 e. The van der Waals surface area contributed by atoms with E-state index in [4.69, 9.17) is 4.74 Å². The molecular formula is C20H28N2O6S. The van der Waals surface area contributed by atoms with Gasteiger partial charge in [0.2, 0.25) is 5.91 Å². The van der Waals surface area contributed by atoms with Gasteiger partial charge in [0.05, 0.1) is 10.8 Å². The Labute approximate surface area is 171 Å². The lowest BCUT2D eigenvalue weighted by molar-refractivity contribution is -0.167. The van der Waals surface area contributed by atoms with Crippen LogP contribution in [0.2, 0.25) is 0 Å². The minimum absolute atomic E-state index is 0.0567. The van der Waals surface area contributed by atoms with Gasteiger partial charge >= 0.3 is 5.97 Å². The molecule has 1 N–H and O–H groups in total. The number of amides is 2. The van der Waals surface area contributed by atoms with Crippen LogP contribution in [0.5, 0.6) is 0 Å². The molecule has 0 aromatic heterocycles. The monoisotopic (exact) mass is 424 g/mol. The summed E-state index contributed by atoms with van der Waals surface area (Å²) >= 11 is 0. The van der Waals surface area contributed by atoms with Crippen molar-refractivity contribution in [3.8, 4) is 0 Å². The van der Waals surface area contributed by atoms with Gasteiger partial charge in [-0.05, 0) is 32.4 Å². The maximum Gasteiger partial charge on any atom is 0.311 e. The molecule has 160 valence electrons. The average molecular weight is 425 g/mol. The molecule has 1 fully saturated rings. The Kier molecular flexibility index (Phi) is 6.42. The van der Waals surface area contributed by atoms with Crippen LogP contribution < -0.4 is 4.72 Å². The quantitative estimate of drug-likeness (QED) is 0.721. The Balaban J connectivity index is 2.00. The van der Waals surface area contributed by atoms with Crippen molar-refractivity contribution < 1.29 is 27.5 Å². The van der Waals surface area contributed by atoms with Crippen molar-refractivity contribution in [2.24, 2.45) is 11.3 Å². The molecule has 1 atom stereocenters. The number of nitrogens with zero attached hydrogens (tertiary/aromatic N) is 1. The lowest BCUT2D eigenvalue weighted by Gasteiger charge is -2.27. The number of nitrogens with one attached hydrogen (secondary N) is 1. The van der Waals surface area contributed by atoms with Gasteiger partial charge in [-0.1, -0.05) is 39.0 Å². The third kappa shape index (κ3) is 5.56. The highest BCUT2D eigenvalue weighted by Crippen LogP contribution is 2.26. The van der Waals surface area contributed by atoms with E-state index in [0.29, 0.717) is 13.0 Å². The molecule has 1 saturated heterocycles. The van der Waals surface area contributed by atoms with E-state index in [-0.39, 0.29) is 17.3 Å².